The van der Waals surface area contributed by atoms with Crippen molar-refractivity contribution in [2.45, 2.75) is 52.5 Å². The first-order valence-electron chi connectivity index (χ1n) is 13.1. The monoisotopic (exact) mass is 647 g/mol. The van der Waals surface area contributed by atoms with Gasteiger partial charge < -0.3 is 14.2 Å². The zero-order valence-corrected chi connectivity index (χ0v) is 25.4. The van der Waals surface area contributed by atoms with Crippen LogP contribution in [0.15, 0.2) is 80.0 Å². The molecular weight excluding hydrogens is 613 g/mol. The summed E-state index contributed by atoms with van der Waals surface area (Å²) in [7, 11) is 0. The molecule has 2 heterocycles. The molecule has 0 bridgehead atoms. The minimum Gasteiger partial charge on any atom is -0.443 e. The molecule has 1 aromatic carbocycles. The van der Waals surface area contributed by atoms with Gasteiger partial charge in [-0.05, 0) is 87.7 Å². The lowest BCUT2D eigenvalue weighted by molar-refractivity contribution is 0.0471. The maximum atomic E-state index is 13.5. The minimum atomic E-state index is -0.206. The predicted octanol–water partition coefficient (Wildman–Crippen LogP) is 8.18. The summed E-state index contributed by atoms with van der Waals surface area (Å²) in [5.41, 5.74) is 2.28. The largest absolute Gasteiger partial charge is 0.443 e. The first-order chi connectivity index (χ1) is 18.3. The number of carbonyl (C=O) groups excluding carboxylic acids is 1. The molecule has 0 saturated carbocycles. The first-order valence-corrected chi connectivity index (χ1v) is 14.7. The maximum Gasteiger partial charge on any atom is 0.290 e. The fourth-order valence-corrected chi connectivity index (χ4v) is 5.38. The van der Waals surface area contributed by atoms with Gasteiger partial charge >= 0.3 is 0 Å². The van der Waals surface area contributed by atoms with Crippen molar-refractivity contribution < 1.29 is 13.6 Å². The first kappa shape index (κ1) is 30.1. The van der Waals surface area contributed by atoms with Gasteiger partial charge in [-0.3, -0.25) is 10.2 Å². The third-order valence-corrected chi connectivity index (χ3v) is 8.49. The number of amides is 1. The second-order valence-electron chi connectivity index (χ2n) is 9.45. The average molecular weight is 649 g/mol. The van der Waals surface area contributed by atoms with Crippen molar-refractivity contribution in [3.05, 3.63) is 92.7 Å². The molecule has 1 aliphatic rings. The molecule has 2 atom stereocenters. The molecule has 5 nitrogen and oxygen atoms in total. The summed E-state index contributed by atoms with van der Waals surface area (Å²) in [4.78, 5) is 17.3. The number of hydrogen-bond acceptors (Lipinski definition) is 4. The third kappa shape index (κ3) is 8.03. The number of nitrogens with zero attached hydrogens (tertiary/aromatic N) is 2. The summed E-state index contributed by atoms with van der Waals surface area (Å²) in [6.07, 6.45) is 13.3. The average Bonchev–Trinajstić information content (AvgIpc) is 3.24. The molecule has 1 amide bonds. The summed E-state index contributed by atoms with van der Waals surface area (Å²) < 4.78 is 20.3. The van der Waals surface area contributed by atoms with Crippen molar-refractivity contribution in [3.63, 3.8) is 0 Å². The molecule has 0 aliphatic carbocycles. The fraction of sp³-hybridized carbons (Fsp3) is 0.400. The smallest absolute Gasteiger partial charge is 0.290 e. The zero-order valence-electron chi connectivity index (χ0n) is 22.2. The molecule has 2 aromatic rings. The molecule has 1 N–H and O–H groups in total. The molecular formula is C30H36Br2FN3O2. The van der Waals surface area contributed by atoms with E-state index < -0.39 is 0 Å². The van der Waals surface area contributed by atoms with Gasteiger partial charge in [-0.1, -0.05) is 56.7 Å². The number of nitrogens with one attached hydrogen (secondary N) is 1. The van der Waals surface area contributed by atoms with Crippen molar-refractivity contribution in [3.8, 4) is 0 Å². The Hall–Kier alpha value is -2.45. The lowest BCUT2D eigenvalue weighted by Gasteiger charge is -2.43. The number of piperazine rings is 1. The SMILES string of the molecule is CC=C(C(=N)/C=C/C=C/C(CC)Cc1cccc(F)c1)N1CCN(C(=O)c2cc(Br)c(Br)o2)[C@@H](CCC)C1. The van der Waals surface area contributed by atoms with E-state index in [4.69, 9.17) is 9.83 Å². The van der Waals surface area contributed by atoms with Gasteiger partial charge in [-0.2, -0.15) is 0 Å². The molecule has 1 aromatic heterocycles. The van der Waals surface area contributed by atoms with Crippen LogP contribution in [0.3, 0.4) is 0 Å². The number of carbonyl (C=O) groups is 1. The summed E-state index contributed by atoms with van der Waals surface area (Å²) in [5.74, 6) is 0.296. The van der Waals surface area contributed by atoms with Crippen LogP contribution in [0, 0.1) is 17.1 Å². The number of furan rings is 1. The van der Waals surface area contributed by atoms with E-state index in [1.54, 1.807) is 18.2 Å². The quantitative estimate of drug-likeness (QED) is 0.197. The van der Waals surface area contributed by atoms with Gasteiger partial charge in [-0.25, -0.2) is 4.39 Å². The van der Waals surface area contributed by atoms with Crippen LogP contribution >= 0.6 is 31.9 Å². The molecule has 38 heavy (non-hydrogen) atoms. The van der Waals surface area contributed by atoms with Crippen molar-refractivity contribution >= 4 is 43.5 Å². The van der Waals surface area contributed by atoms with Crippen molar-refractivity contribution in [1.29, 1.82) is 5.41 Å². The molecule has 0 spiro atoms. The van der Waals surface area contributed by atoms with Crippen LogP contribution in [-0.2, 0) is 6.42 Å². The van der Waals surface area contributed by atoms with Crippen LogP contribution in [-0.4, -0.2) is 47.1 Å². The van der Waals surface area contributed by atoms with E-state index in [2.05, 4.69) is 56.7 Å². The van der Waals surface area contributed by atoms with Gasteiger partial charge in [0.15, 0.2) is 10.4 Å². The van der Waals surface area contributed by atoms with Crippen LogP contribution in [0.1, 0.15) is 56.2 Å². The van der Waals surface area contributed by atoms with E-state index >= 15 is 0 Å². The normalized spacial score (nSPS) is 17.5. The predicted molar refractivity (Wildman–Crippen MR) is 159 cm³/mol. The summed E-state index contributed by atoms with van der Waals surface area (Å²) in [6.45, 7) is 8.06. The number of hydrogen-bond donors (Lipinski definition) is 1. The molecule has 8 heteroatoms. The Labute approximate surface area is 242 Å². The number of halogens is 3. The Bertz CT molecular complexity index is 1180. The van der Waals surface area contributed by atoms with Crippen LogP contribution in [0.4, 0.5) is 4.39 Å². The summed E-state index contributed by atoms with van der Waals surface area (Å²) in [6, 6.07) is 8.49. The Balaban J connectivity index is 1.62. The Morgan fingerprint density at radius 3 is 2.66 bits per heavy atom. The van der Waals surface area contributed by atoms with Crippen LogP contribution < -0.4 is 0 Å². The van der Waals surface area contributed by atoms with Gasteiger partial charge in [0.1, 0.15) is 5.82 Å². The van der Waals surface area contributed by atoms with Gasteiger partial charge in [0.25, 0.3) is 5.91 Å². The standard InChI is InChI=1S/C30H36Br2FN3O2/c1-4-10-24-20-35(15-16-36(24)30(37)28-19-25(31)29(32)38-28)27(6-3)26(34)14-8-7-11-21(5-2)17-22-12-9-13-23(33)18-22/h6-9,11-14,18-19,21,24,34H,4-5,10,15-17,20H2,1-3H3/b11-7+,14-8+,27-6?,34-26?/t21?,24-/m0/s1. The van der Waals surface area contributed by atoms with E-state index in [0.717, 1.165) is 41.4 Å². The number of rotatable bonds is 11. The van der Waals surface area contributed by atoms with Crippen LogP contribution in [0.25, 0.3) is 0 Å². The molecule has 1 unspecified atom stereocenters. The van der Waals surface area contributed by atoms with E-state index in [1.165, 1.54) is 6.07 Å². The lowest BCUT2D eigenvalue weighted by atomic mass is 9.96. The van der Waals surface area contributed by atoms with Crippen molar-refractivity contribution in [1.82, 2.24) is 9.80 Å². The molecule has 204 valence electrons. The Morgan fingerprint density at radius 2 is 2.03 bits per heavy atom. The molecule has 3 rings (SSSR count). The van der Waals surface area contributed by atoms with E-state index in [0.29, 0.717) is 41.7 Å². The highest BCUT2D eigenvalue weighted by Gasteiger charge is 2.33. The molecule has 0 radical (unpaired) electrons. The van der Waals surface area contributed by atoms with Gasteiger partial charge in [0, 0.05) is 31.7 Å². The Morgan fingerprint density at radius 1 is 1.24 bits per heavy atom. The maximum absolute atomic E-state index is 13.5. The Kier molecular flexibility index (Phi) is 11.6. The summed E-state index contributed by atoms with van der Waals surface area (Å²) in [5, 5.41) is 8.70. The summed E-state index contributed by atoms with van der Waals surface area (Å²) >= 11 is 6.70. The third-order valence-electron chi connectivity index (χ3n) is 6.78. The van der Waals surface area contributed by atoms with E-state index in [-0.39, 0.29) is 17.8 Å². The second kappa shape index (κ2) is 14.6. The molecule has 1 aliphatic heterocycles. The van der Waals surface area contributed by atoms with E-state index in [9.17, 15) is 9.18 Å². The van der Waals surface area contributed by atoms with Crippen molar-refractivity contribution in [2.24, 2.45) is 5.92 Å². The van der Waals surface area contributed by atoms with Gasteiger partial charge in [0.2, 0.25) is 0 Å². The van der Waals surface area contributed by atoms with Crippen LogP contribution in [0.5, 0.6) is 0 Å². The second-order valence-corrected chi connectivity index (χ2v) is 11.0. The highest BCUT2D eigenvalue weighted by Crippen LogP contribution is 2.29. The lowest BCUT2D eigenvalue weighted by Crippen LogP contribution is -2.55. The van der Waals surface area contributed by atoms with Gasteiger partial charge in [0.05, 0.1) is 15.9 Å². The highest BCUT2D eigenvalue weighted by atomic mass is 79.9. The van der Waals surface area contributed by atoms with Crippen molar-refractivity contribution in [2.75, 3.05) is 19.6 Å². The van der Waals surface area contributed by atoms with E-state index in [1.807, 2.05) is 42.2 Å². The number of allylic oxidation sites excluding steroid dienone is 5. The molecule has 1 saturated heterocycles. The fourth-order valence-electron chi connectivity index (χ4n) is 4.80. The van der Waals surface area contributed by atoms with Gasteiger partial charge in [-0.15, -0.1) is 0 Å². The highest BCUT2D eigenvalue weighted by molar-refractivity contribution is 9.13. The number of benzene rings is 1. The topological polar surface area (TPSA) is 60.5 Å². The van der Waals surface area contributed by atoms with Crippen LogP contribution in [0.2, 0.25) is 0 Å². The molecule has 1 fully saturated rings. The zero-order chi connectivity index (χ0) is 27.7. The minimum absolute atomic E-state index is 0.0312.